The van der Waals surface area contributed by atoms with Gasteiger partial charge in [0.05, 0.1) is 17.7 Å². The third-order valence-electron chi connectivity index (χ3n) is 5.65. The van der Waals surface area contributed by atoms with Crippen LogP contribution >= 0.6 is 0 Å². The minimum Gasteiger partial charge on any atom is -0.462 e. The second-order valence-corrected chi connectivity index (χ2v) is 7.67. The SMILES string of the molecule is CCOC(=O)c1ccc(N2CCCN(C(=O)C(C)n3c(=O)oc4ccccc43)CC2)nc1. The van der Waals surface area contributed by atoms with E-state index in [2.05, 4.69) is 9.88 Å². The average Bonchev–Trinajstić information content (AvgIpc) is 2.97. The van der Waals surface area contributed by atoms with Crippen molar-refractivity contribution < 1.29 is 18.7 Å². The van der Waals surface area contributed by atoms with Gasteiger partial charge in [0.25, 0.3) is 0 Å². The van der Waals surface area contributed by atoms with E-state index in [1.54, 1.807) is 49.1 Å². The number of anilines is 1. The van der Waals surface area contributed by atoms with Crippen LogP contribution in [0.4, 0.5) is 5.82 Å². The van der Waals surface area contributed by atoms with Crippen LogP contribution in [0.15, 0.2) is 51.8 Å². The molecule has 1 aliphatic heterocycles. The average molecular weight is 438 g/mol. The largest absolute Gasteiger partial charge is 0.462 e. The summed E-state index contributed by atoms with van der Waals surface area (Å²) in [6.45, 7) is 6.24. The number of aromatic nitrogens is 2. The van der Waals surface area contributed by atoms with E-state index >= 15 is 0 Å². The van der Waals surface area contributed by atoms with Crippen LogP contribution in [0.1, 0.15) is 36.7 Å². The number of esters is 1. The molecule has 9 nitrogen and oxygen atoms in total. The Hall–Kier alpha value is -3.62. The standard InChI is InChI=1S/C23H26N4O5/c1-3-31-22(29)17-9-10-20(24-15-17)25-11-6-12-26(14-13-25)21(28)16(2)27-18-7-4-5-8-19(18)32-23(27)30/h4-5,7-10,15-16H,3,6,11-14H2,1-2H3. The van der Waals surface area contributed by atoms with Gasteiger partial charge in [-0.15, -0.1) is 0 Å². The maximum atomic E-state index is 13.2. The van der Waals surface area contributed by atoms with Gasteiger partial charge in [-0.1, -0.05) is 12.1 Å². The second kappa shape index (κ2) is 9.25. The van der Waals surface area contributed by atoms with Gasteiger partial charge in [-0.05, 0) is 44.5 Å². The van der Waals surface area contributed by atoms with Crippen molar-refractivity contribution in [3.05, 3.63) is 58.7 Å². The fraction of sp³-hybridized carbons (Fsp3) is 0.391. The monoisotopic (exact) mass is 438 g/mol. The summed E-state index contributed by atoms with van der Waals surface area (Å²) in [5.74, 6) is -0.298. The lowest BCUT2D eigenvalue weighted by atomic mass is 10.2. The number of pyridine rings is 1. The molecule has 0 aliphatic carbocycles. The normalized spacial score (nSPS) is 15.4. The third kappa shape index (κ3) is 4.23. The predicted molar refractivity (Wildman–Crippen MR) is 119 cm³/mol. The van der Waals surface area contributed by atoms with Crippen LogP contribution in [-0.4, -0.2) is 59.1 Å². The molecular formula is C23H26N4O5. The van der Waals surface area contributed by atoms with Gasteiger partial charge in [0.2, 0.25) is 5.91 Å². The Morgan fingerprint density at radius 2 is 1.94 bits per heavy atom. The maximum absolute atomic E-state index is 13.2. The van der Waals surface area contributed by atoms with E-state index < -0.39 is 17.8 Å². The van der Waals surface area contributed by atoms with Crippen LogP contribution in [0.5, 0.6) is 0 Å². The lowest BCUT2D eigenvalue weighted by molar-refractivity contribution is -0.134. The van der Waals surface area contributed by atoms with Gasteiger partial charge in [0.1, 0.15) is 11.9 Å². The number of rotatable bonds is 5. The van der Waals surface area contributed by atoms with Crippen LogP contribution in [0.25, 0.3) is 11.1 Å². The summed E-state index contributed by atoms with van der Waals surface area (Å²) in [7, 11) is 0. The zero-order valence-electron chi connectivity index (χ0n) is 18.2. The highest BCUT2D eigenvalue weighted by atomic mass is 16.5. The molecule has 1 fully saturated rings. The molecule has 9 heteroatoms. The second-order valence-electron chi connectivity index (χ2n) is 7.67. The quantitative estimate of drug-likeness (QED) is 0.565. The van der Waals surface area contributed by atoms with Crippen LogP contribution in [0, 0.1) is 0 Å². The Morgan fingerprint density at radius 1 is 1.12 bits per heavy atom. The number of carbonyl (C=O) groups excluding carboxylic acids is 2. The number of oxazole rings is 1. The van der Waals surface area contributed by atoms with E-state index in [0.29, 0.717) is 42.9 Å². The molecule has 0 N–H and O–H groups in total. The molecule has 1 aromatic carbocycles. The molecule has 1 amide bonds. The van der Waals surface area contributed by atoms with E-state index in [4.69, 9.17) is 9.15 Å². The Morgan fingerprint density at radius 3 is 2.69 bits per heavy atom. The first-order valence-corrected chi connectivity index (χ1v) is 10.8. The number of nitrogens with zero attached hydrogens (tertiary/aromatic N) is 4. The van der Waals surface area contributed by atoms with E-state index in [9.17, 15) is 14.4 Å². The molecule has 0 saturated carbocycles. The van der Waals surface area contributed by atoms with Crippen LogP contribution in [-0.2, 0) is 9.53 Å². The molecule has 3 heterocycles. The first kappa shape index (κ1) is 21.6. The summed E-state index contributed by atoms with van der Waals surface area (Å²) < 4.78 is 11.7. The highest BCUT2D eigenvalue weighted by Crippen LogP contribution is 2.20. The summed E-state index contributed by atoms with van der Waals surface area (Å²) >= 11 is 0. The number of hydrogen-bond acceptors (Lipinski definition) is 7. The Kier molecular flexibility index (Phi) is 6.25. The van der Waals surface area contributed by atoms with Crippen molar-refractivity contribution in [1.82, 2.24) is 14.5 Å². The Labute approximate surface area is 185 Å². The van der Waals surface area contributed by atoms with Crippen molar-refractivity contribution in [3.63, 3.8) is 0 Å². The maximum Gasteiger partial charge on any atom is 0.420 e. The molecule has 1 aliphatic rings. The molecule has 32 heavy (non-hydrogen) atoms. The summed E-state index contributed by atoms with van der Waals surface area (Å²) in [6, 6.07) is 9.93. The lowest BCUT2D eigenvalue weighted by Crippen LogP contribution is -2.40. The van der Waals surface area contributed by atoms with Crippen LogP contribution < -0.4 is 10.7 Å². The molecule has 0 bridgehead atoms. The van der Waals surface area contributed by atoms with E-state index in [-0.39, 0.29) is 5.91 Å². The van der Waals surface area contributed by atoms with E-state index in [0.717, 1.165) is 18.8 Å². The highest BCUT2D eigenvalue weighted by molar-refractivity contribution is 5.89. The van der Waals surface area contributed by atoms with E-state index in [1.165, 1.54) is 10.8 Å². The summed E-state index contributed by atoms with van der Waals surface area (Å²) in [5.41, 5.74) is 1.49. The van der Waals surface area contributed by atoms with Crippen molar-refractivity contribution in [2.45, 2.75) is 26.3 Å². The van der Waals surface area contributed by atoms with E-state index in [1.807, 2.05) is 6.07 Å². The minimum atomic E-state index is -0.667. The minimum absolute atomic E-state index is 0.119. The van der Waals surface area contributed by atoms with Gasteiger partial charge >= 0.3 is 11.7 Å². The topological polar surface area (TPSA) is 97.9 Å². The van der Waals surface area contributed by atoms with Crippen molar-refractivity contribution in [1.29, 1.82) is 0 Å². The van der Waals surface area contributed by atoms with Gasteiger partial charge in [-0.25, -0.2) is 14.6 Å². The number of para-hydroxylation sites is 2. The smallest absolute Gasteiger partial charge is 0.420 e. The first-order chi connectivity index (χ1) is 15.5. The van der Waals surface area contributed by atoms with Crippen molar-refractivity contribution in [2.75, 3.05) is 37.7 Å². The zero-order chi connectivity index (χ0) is 22.7. The van der Waals surface area contributed by atoms with Crippen molar-refractivity contribution >= 4 is 28.8 Å². The van der Waals surface area contributed by atoms with Gasteiger partial charge in [-0.2, -0.15) is 0 Å². The summed E-state index contributed by atoms with van der Waals surface area (Å²) in [5, 5.41) is 0. The highest BCUT2D eigenvalue weighted by Gasteiger charge is 2.27. The summed E-state index contributed by atoms with van der Waals surface area (Å²) in [4.78, 5) is 45.7. The lowest BCUT2D eigenvalue weighted by Gasteiger charge is -2.25. The molecular weight excluding hydrogens is 412 g/mol. The molecule has 0 radical (unpaired) electrons. The number of fused-ring (bicyclic) bond motifs is 1. The number of ether oxygens (including phenoxy) is 1. The van der Waals surface area contributed by atoms with Gasteiger partial charge in [0, 0.05) is 32.4 Å². The molecule has 4 rings (SSSR count). The number of carbonyl (C=O) groups is 2. The molecule has 2 aromatic heterocycles. The molecule has 1 unspecified atom stereocenters. The number of hydrogen-bond donors (Lipinski definition) is 0. The van der Waals surface area contributed by atoms with Crippen molar-refractivity contribution in [2.24, 2.45) is 0 Å². The Balaban J connectivity index is 1.45. The Bertz CT molecular complexity index is 1170. The molecule has 1 saturated heterocycles. The van der Waals surface area contributed by atoms with Crippen LogP contribution in [0.2, 0.25) is 0 Å². The first-order valence-electron chi connectivity index (χ1n) is 10.8. The predicted octanol–water partition coefficient (Wildman–Crippen LogP) is 2.47. The van der Waals surface area contributed by atoms with Crippen LogP contribution in [0.3, 0.4) is 0 Å². The summed E-state index contributed by atoms with van der Waals surface area (Å²) in [6.07, 6.45) is 2.28. The number of benzene rings is 1. The zero-order valence-corrected chi connectivity index (χ0v) is 18.2. The van der Waals surface area contributed by atoms with Gasteiger partial charge in [-0.3, -0.25) is 9.36 Å². The molecule has 168 valence electrons. The van der Waals surface area contributed by atoms with Gasteiger partial charge in [0.15, 0.2) is 5.58 Å². The fourth-order valence-electron chi connectivity index (χ4n) is 4.00. The fourth-order valence-corrected chi connectivity index (χ4v) is 4.00. The number of amides is 1. The molecule has 1 atom stereocenters. The third-order valence-corrected chi connectivity index (χ3v) is 5.65. The molecule has 3 aromatic rings. The van der Waals surface area contributed by atoms with Gasteiger partial charge < -0.3 is 19.0 Å². The van der Waals surface area contributed by atoms with Crippen molar-refractivity contribution in [3.8, 4) is 0 Å². The molecule has 0 spiro atoms.